The zero-order chi connectivity index (χ0) is 17.4. The van der Waals surface area contributed by atoms with Gasteiger partial charge in [0.1, 0.15) is 0 Å². The number of benzene rings is 1. The number of guanidine groups is 1. The predicted octanol–water partition coefficient (Wildman–Crippen LogP) is 3.14. The molecule has 0 aromatic heterocycles. The van der Waals surface area contributed by atoms with Gasteiger partial charge < -0.3 is 16.0 Å². The number of nitrogens with zero attached hydrogens (tertiary/aromatic N) is 1. The largest absolute Gasteiger partial charge is 0.357 e. The Morgan fingerprint density at radius 3 is 2.71 bits per heavy atom. The number of hydrogen-bond acceptors (Lipinski definition) is 2. The van der Waals surface area contributed by atoms with E-state index in [4.69, 9.17) is 0 Å². The molecule has 3 N–H and O–H groups in total. The average Bonchev–Trinajstić information content (AvgIpc) is 2.48. The first-order valence-electron chi connectivity index (χ1n) is 9.00. The molecule has 1 fully saturated rings. The van der Waals surface area contributed by atoms with Gasteiger partial charge in [-0.1, -0.05) is 32.4 Å². The molecule has 0 radical (unpaired) electrons. The van der Waals surface area contributed by atoms with Crippen molar-refractivity contribution in [1.29, 1.82) is 0 Å². The van der Waals surface area contributed by atoms with Gasteiger partial charge >= 0.3 is 0 Å². The Morgan fingerprint density at radius 1 is 1.29 bits per heavy atom. The van der Waals surface area contributed by atoms with Crippen LogP contribution in [0.1, 0.15) is 45.6 Å². The Balaban J connectivity index is 1.93. The Morgan fingerprint density at radius 2 is 2.08 bits per heavy atom. The van der Waals surface area contributed by atoms with E-state index in [9.17, 15) is 4.79 Å². The zero-order valence-corrected chi connectivity index (χ0v) is 15.1. The zero-order valence-electron chi connectivity index (χ0n) is 15.1. The standard InChI is InChI=1S/C19H30N4O/c1-4-20-19(21-12-14(2)3)22-13-15-7-5-10-17(11-15)23-18(24)16-8-6-9-16/h5,7,10-11,14,16H,4,6,8-9,12-13H2,1-3H3,(H,23,24)(H2,20,21,22). The maximum atomic E-state index is 12.0. The summed E-state index contributed by atoms with van der Waals surface area (Å²) in [5, 5.41) is 9.61. The molecule has 2 rings (SSSR count). The van der Waals surface area contributed by atoms with E-state index >= 15 is 0 Å². The van der Waals surface area contributed by atoms with E-state index in [1.54, 1.807) is 0 Å². The molecule has 1 aliphatic rings. The van der Waals surface area contributed by atoms with Crippen molar-refractivity contribution >= 4 is 17.6 Å². The van der Waals surface area contributed by atoms with Crippen molar-refractivity contribution in [1.82, 2.24) is 10.6 Å². The summed E-state index contributed by atoms with van der Waals surface area (Å²) in [5.41, 5.74) is 1.95. The normalized spacial score (nSPS) is 15.1. The molecular formula is C19H30N4O. The molecule has 132 valence electrons. The van der Waals surface area contributed by atoms with E-state index in [0.29, 0.717) is 12.5 Å². The lowest BCUT2D eigenvalue weighted by Crippen LogP contribution is -2.39. The molecule has 5 nitrogen and oxygen atoms in total. The van der Waals surface area contributed by atoms with E-state index in [0.717, 1.165) is 43.1 Å². The highest BCUT2D eigenvalue weighted by atomic mass is 16.1. The molecule has 1 aromatic carbocycles. The number of rotatable bonds is 7. The van der Waals surface area contributed by atoms with Gasteiger partial charge in [-0.05, 0) is 43.4 Å². The van der Waals surface area contributed by atoms with Gasteiger partial charge in [0.25, 0.3) is 0 Å². The molecule has 0 heterocycles. The fourth-order valence-corrected chi connectivity index (χ4v) is 2.48. The van der Waals surface area contributed by atoms with Crippen LogP contribution in [0.4, 0.5) is 5.69 Å². The third-order valence-electron chi connectivity index (χ3n) is 4.11. The second-order valence-electron chi connectivity index (χ2n) is 6.79. The Kier molecular flexibility index (Phi) is 7.09. The summed E-state index contributed by atoms with van der Waals surface area (Å²) in [6.45, 7) is 8.71. The highest BCUT2D eigenvalue weighted by Gasteiger charge is 2.25. The van der Waals surface area contributed by atoms with Crippen LogP contribution in [0.2, 0.25) is 0 Å². The first-order valence-corrected chi connectivity index (χ1v) is 9.00. The number of amides is 1. The molecule has 5 heteroatoms. The molecule has 0 aliphatic heterocycles. The Hall–Kier alpha value is -2.04. The van der Waals surface area contributed by atoms with Gasteiger partial charge in [-0.2, -0.15) is 0 Å². The highest BCUT2D eigenvalue weighted by molar-refractivity contribution is 5.93. The lowest BCUT2D eigenvalue weighted by Gasteiger charge is -2.24. The van der Waals surface area contributed by atoms with Gasteiger partial charge in [-0.3, -0.25) is 4.79 Å². The third-order valence-corrected chi connectivity index (χ3v) is 4.11. The van der Waals surface area contributed by atoms with Gasteiger partial charge in [0.2, 0.25) is 5.91 Å². The molecule has 1 aromatic rings. The van der Waals surface area contributed by atoms with Crippen LogP contribution in [0.15, 0.2) is 29.3 Å². The molecule has 1 saturated carbocycles. The van der Waals surface area contributed by atoms with Crippen LogP contribution >= 0.6 is 0 Å². The minimum atomic E-state index is 0.147. The first-order chi connectivity index (χ1) is 11.6. The van der Waals surface area contributed by atoms with Gasteiger partial charge in [-0.15, -0.1) is 0 Å². The Labute approximate surface area is 145 Å². The lowest BCUT2D eigenvalue weighted by atomic mass is 9.85. The van der Waals surface area contributed by atoms with Gasteiger partial charge in [0.15, 0.2) is 5.96 Å². The molecule has 1 amide bonds. The number of anilines is 1. The topological polar surface area (TPSA) is 65.5 Å². The number of aliphatic imine (C=N–C) groups is 1. The molecule has 24 heavy (non-hydrogen) atoms. The van der Waals surface area contributed by atoms with Crippen molar-refractivity contribution < 1.29 is 4.79 Å². The van der Waals surface area contributed by atoms with Crippen LogP contribution in [0.5, 0.6) is 0 Å². The minimum absolute atomic E-state index is 0.147. The summed E-state index contributed by atoms with van der Waals surface area (Å²) in [7, 11) is 0. The number of carbonyl (C=O) groups excluding carboxylic acids is 1. The van der Waals surface area contributed by atoms with Crippen molar-refractivity contribution in [2.75, 3.05) is 18.4 Å². The SMILES string of the molecule is CCNC(=NCc1cccc(NC(=O)C2CCC2)c1)NCC(C)C. The molecule has 0 spiro atoms. The third kappa shape index (κ3) is 5.87. The second-order valence-corrected chi connectivity index (χ2v) is 6.79. The smallest absolute Gasteiger partial charge is 0.227 e. The van der Waals surface area contributed by atoms with E-state index in [2.05, 4.69) is 41.7 Å². The minimum Gasteiger partial charge on any atom is -0.357 e. The predicted molar refractivity (Wildman–Crippen MR) is 100 cm³/mol. The number of hydrogen-bond donors (Lipinski definition) is 3. The van der Waals surface area contributed by atoms with Gasteiger partial charge in [0.05, 0.1) is 6.54 Å². The highest BCUT2D eigenvalue weighted by Crippen LogP contribution is 2.27. The van der Waals surface area contributed by atoms with E-state index in [1.165, 1.54) is 6.42 Å². The molecule has 0 unspecified atom stereocenters. The van der Waals surface area contributed by atoms with Gasteiger partial charge in [0, 0.05) is 24.7 Å². The molecule has 1 aliphatic carbocycles. The van der Waals surface area contributed by atoms with Crippen molar-refractivity contribution in [2.45, 2.75) is 46.6 Å². The van der Waals surface area contributed by atoms with Gasteiger partial charge in [-0.25, -0.2) is 4.99 Å². The fraction of sp³-hybridized carbons (Fsp3) is 0.579. The number of carbonyl (C=O) groups is 1. The lowest BCUT2D eigenvalue weighted by molar-refractivity contribution is -0.122. The van der Waals surface area contributed by atoms with Crippen LogP contribution < -0.4 is 16.0 Å². The second kappa shape index (κ2) is 9.30. The van der Waals surface area contributed by atoms with E-state index < -0.39 is 0 Å². The molecule has 0 atom stereocenters. The van der Waals surface area contributed by atoms with E-state index in [-0.39, 0.29) is 11.8 Å². The van der Waals surface area contributed by atoms with Crippen LogP contribution in [0, 0.1) is 11.8 Å². The van der Waals surface area contributed by atoms with Crippen molar-refractivity contribution in [3.63, 3.8) is 0 Å². The van der Waals surface area contributed by atoms with Crippen molar-refractivity contribution in [3.05, 3.63) is 29.8 Å². The van der Waals surface area contributed by atoms with Crippen molar-refractivity contribution in [3.8, 4) is 0 Å². The summed E-state index contributed by atoms with van der Waals surface area (Å²) in [4.78, 5) is 16.7. The summed E-state index contributed by atoms with van der Waals surface area (Å²) < 4.78 is 0. The van der Waals surface area contributed by atoms with E-state index in [1.807, 2.05) is 24.3 Å². The maximum absolute atomic E-state index is 12.0. The molecule has 0 bridgehead atoms. The summed E-state index contributed by atoms with van der Waals surface area (Å²) >= 11 is 0. The first kappa shape index (κ1) is 18.3. The van der Waals surface area contributed by atoms with Crippen molar-refractivity contribution in [2.24, 2.45) is 16.8 Å². The van der Waals surface area contributed by atoms with Crippen LogP contribution in [-0.2, 0) is 11.3 Å². The van der Waals surface area contributed by atoms with Crippen LogP contribution in [-0.4, -0.2) is 25.0 Å². The molecular weight excluding hydrogens is 300 g/mol. The summed E-state index contributed by atoms with van der Waals surface area (Å²) in [6, 6.07) is 7.95. The molecule has 0 saturated heterocycles. The summed E-state index contributed by atoms with van der Waals surface area (Å²) in [5.74, 6) is 1.75. The quantitative estimate of drug-likeness (QED) is 0.531. The fourth-order valence-electron chi connectivity index (χ4n) is 2.48. The average molecular weight is 330 g/mol. The van der Waals surface area contributed by atoms with Crippen LogP contribution in [0.3, 0.4) is 0 Å². The monoisotopic (exact) mass is 330 g/mol. The maximum Gasteiger partial charge on any atom is 0.227 e. The number of nitrogens with one attached hydrogen (secondary N) is 3. The van der Waals surface area contributed by atoms with Crippen LogP contribution in [0.25, 0.3) is 0 Å². The summed E-state index contributed by atoms with van der Waals surface area (Å²) in [6.07, 6.45) is 3.20. The Bertz CT molecular complexity index is 564.